The third-order valence-corrected chi connectivity index (χ3v) is 6.47. The van der Waals surface area contributed by atoms with Gasteiger partial charge in [0.2, 0.25) is 10.0 Å². The van der Waals surface area contributed by atoms with Crippen LogP contribution in [0.15, 0.2) is 17.0 Å². The summed E-state index contributed by atoms with van der Waals surface area (Å²) in [6.45, 7) is 3.01. The second-order valence-electron chi connectivity index (χ2n) is 5.29. The van der Waals surface area contributed by atoms with Crippen molar-refractivity contribution in [1.82, 2.24) is 4.31 Å². The van der Waals surface area contributed by atoms with E-state index in [4.69, 9.17) is 23.2 Å². The largest absolute Gasteiger partial charge is 0.243 e. The van der Waals surface area contributed by atoms with Crippen LogP contribution in [0.2, 0.25) is 5.02 Å². The van der Waals surface area contributed by atoms with Crippen molar-refractivity contribution in [2.24, 2.45) is 5.92 Å². The van der Waals surface area contributed by atoms with E-state index in [1.54, 1.807) is 0 Å². The maximum atomic E-state index is 13.8. The average Bonchev–Trinajstić information content (AvgIpc) is 2.49. The molecule has 1 aromatic carbocycles. The minimum absolute atomic E-state index is 0.0311. The van der Waals surface area contributed by atoms with Crippen LogP contribution in [0.5, 0.6) is 0 Å². The molecule has 0 spiro atoms. The summed E-state index contributed by atoms with van der Waals surface area (Å²) >= 11 is 11.5. The molecular formula is C14H18Cl2FNO2S. The van der Waals surface area contributed by atoms with Gasteiger partial charge in [0.1, 0.15) is 5.82 Å². The summed E-state index contributed by atoms with van der Waals surface area (Å²) in [6.07, 6.45) is 2.80. The smallest absolute Gasteiger partial charge is 0.207 e. The zero-order valence-electron chi connectivity index (χ0n) is 11.8. The van der Waals surface area contributed by atoms with Crippen molar-refractivity contribution in [1.29, 1.82) is 0 Å². The Morgan fingerprint density at radius 3 is 2.76 bits per heavy atom. The van der Waals surface area contributed by atoms with Crippen LogP contribution in [0, 0.1) is 11.7 Å². The van der Waals surface area contributed by atoms with Gasteiger partial charge in [-0.25, -0.2) is 12.8 Å². The van der Waals surface area contributed by atoms with Gasteiger partial charge < -0.3 is 0 Å². The molecule has 1 fully saturated rings. The quantitative estimate of drug-likeness (QED) is 0.766. The van der Waals surface area contributed by atoms with E-state index < -0.39 is 15.8 Å². The molecule has 1 heterocycles. The van der Waals surface area contributed by atoms with E-state index in [-0.39, 0.29) is 15.8 Å². The highest BCUT2D eigenvalue weighted by atomic mass is 35.5. The predicted octanol–water partition coefficient (Wildman–Crippen LogP) is 4.03. The summed E-state index contributed by atoms with van der Waals surface area (Å²) in [4.78, 5) is -0.0724. The molecule has 1 saturated heterocycles. The molecule has 0 saturated carbocycles. The lowest BCUT2D eigenvalue weighted by Crippen LogP contribution is -2.39. The van der Waals surface area contributed by atoms with Gasteiger partial charge in [-0.15, -0.1) is 11.6 Å². The van der Waals surface area contributed by atoms with Crippen molar-refractivity contribution in [3.63, 3.8) is 0 Å². The van der Waals surface area contributed by atoms with Crippen molar-refractivity contribution >= 4 is 33.2 Å². The first-order chi connectivity index (χ1) is 9.90. The fourth-order valence-corrected chi connectivity index (χ4v) is 4.67. The molecule has 1 atom stereocenters. The first-order valence-electron chi connectivity index (χ1n) is 6.94. The van der Waals surface area contributed by atoms with E-state index in [0.717, 1.165) is 25.3 Å². The summed E-state index contributed by atoms with van der Waals surface area (Å²) in [5.41, 5.74) is 0.293. The van der Waals surface area contributed by atoms with Gasteiger partial charge in [0.25, 0.3) is 0 Å². The molecule has 0 bridgehead atoms. The van der Waals surface area contributed by atoms with E-state index in [2.05, 4.69) is 0 Å². The molecule has 21 heavy (non-hydrogen) atoms. The van der Waals surface area contributed by atoms with Crippen LogP contribution in [0.25, 0.3) is 0 Å². The Balaban J connectivity index is 2.37. The molecule has 118 valence electrons. The Hall–Kier alpha value is -0.360. The van der Waals surface area contributed by atoms with Crippen LogP contribution in [0.1, 0.15) is 31.7 Å². The Morgan fingerprint density at radius 1 is 1.43 bits per heavy atom. The van der Waals surface area contributed by atoms with E-state index in [9.17, 15) is 12.8 Å². The number of hydrogen-bond donors (Lipinski definition) is 0. The molecule has 0 N–H and O–H groups in total. The number of rotatable bonds is 4. The second kappa shape index (κ2) is 6.82. The number of benzene rings is 1. The van der Waals surface area contributed by atoms with Gasteiger partial charge in [0.05, 0.1) is 9.92 Å². The average molecular weight is 354 g/mol. The first kappa shape index (κ1) is 17.0. The van der Waals surface area contributed by atoms with Crippen LogP contribution >= 0.6 is 23.2 Å². The minimum atomic E-state index is -3.70. The summed E-state index contributed by atoms with van der Waals surface area (Å²) < 4.78 is 40.5. The highest BCUT2D eigenvalue weighted by molar-refractivity contribution is 7.89. The topological polar surface area (TPSA) is 37.4 Å². The SMILES string of the molecule is CCC1CCCN(S(=O)(=O)c2cc(F)c(Cl)c(CCl)c2)C1. The number of piperidine rings is 1. The standard InChI is InChI=1S/C14H18Cl2FNO2S/c1-2-10-4-3-5-18(9-10)21(19,20)12-6-11(8-15)14(16)13(17)7-12/h6-7,10H,2-5,8-9H2,1H3. The monoisotopic (exact) mass is 353 g/mol. The lowest BCUT2D eigenvalue weighted by molar-refractivity contribution is 0.261. The maximum absolute atomic E-state index is 13.8. The number of halogens is 3. The van der Waals surface area contributed by atoms with Crippen LogP contribution in [-0.4, -0.2) is 25.8 Å². The normalized spacial score (nSPS) is 20.7. The zero-order valence-corrected chi connectivity index (χ0v) is 14.1. The van der Waals surface area contributed by atoms with E-state index in [1.165, 1.54) is 10.4 Å². The molecular weight excluding hydrogens is 336 g/mol. The number of hydrogen-bond acceptors (Lipinski definition) is 2. The molecule has 7 heteroatoms. The molecule has 0 aromatic heterocycles. The highest BCUT2D eigenvalue weighted by Gasteiger charge is 2.30. The maximum Gasteiger partial charge on any atom is 0.243 e. The summed E-state index contributed by atoms with van der Waals surface area (Å²) in [6, 6.07) is 2.34. The van der Waals surface area contributed by atoms with E-state index in [1.807, 2.05) is 6.92 Å². The van der Waals surface area contributed by atoms with Crippen molar-refractivity contribution in [2.45, 2.75) is 37.0 Å². The summed E-state index contributed by atoms with van der Waals surface area (Å²) in [5.74, 6) is -0.424. The lowest BCUT2D eigenvalue weighted by Gasteiger charge is -2.31. The van der Waals surface area contributed by atoms with Crippen LogP contribution in [0.4, 0.5) is 4.39 Å². The molecule has 0 aliphatic carbocycles. The molecule has 0 amide bonds. The van der Waals surface area contributed by atoms with Crippen molar-refractivity contribution < 1.29 is 12.8 Å². The molecule has 2 rings (SSSR count). The Bertz CT molecular complexity index is 622. The molecule has 1 aromatic rings. The molecule has 1 unspecified atom stereocenters. The Kier molecular flexibility index (Phi) is 5.52. The van der Waals surface area contributed by atoms with Gasteiger partial charge in [-0.1, -0.05) is 24.9 Å². The van der Waals surface area contributed by atoms with Gasteiger partial charge >= 0.3 is 0 Å². The van der Waals surface area contributed by atoms with Gasteiger partial charge in [-0.3, -0.25) is 0 Å². The van der Waals surface area contributed by atoms with Gasteiger partial charge in [0, 0.05) is 19.0 Å². The number of nitrogens with zero attached hydrogens (tertiary/aromatic N) is 1. The van der Waals surface area contributed by atoms with E-state index >= 15 is 0 Å². The molecule has 0 radical (unpaired) electrons. The third-order valence-electron chi connectivity index (χ3n) is 3.92. The van der Waals surface area contributed by atoms with Gasteiger partial charge in [-0.05, 0) is 36.5 Å². The molecule has 3 nitrogen and oxygen atoms in total. The zero-order chi connectivity index (χ0) is 15.6. The van der Waals surface area contributed by atoms with Crippen molar-refractivity contribution in [3.8, 4) is 0 Å². The third kappa shape index (κ3) is 3.52. The minimum Gasteiger partial charge on any atom is -0.207 e. The van der Waals surface area contributed by atoms with Gasteiger partial charge in [-0.2, -0.15) is 4.31 Å². The lowest BCUT2D eigenvalue weighted by atomic mass is 9.97. The highest BCUT2D eigenvalue weighted by Crippen LogP contribution is 2.30. The fourth-order valence-electron chi connectivity index (χ4n) is 2.59. The van der Waals surface area contributed by atoms with Crippen molar-refractivity contribution in [2.75, 3.05) is 13.1 Å². The van der Waals surface area contributed by atoms with Crippen LogP contribution < -0.4 is 0 Å². The summed E-state index contributed by atoms with van der Waals surface area (Å²) in [5, 5.41) is -0.117. The van der Waals surface area contributed by atoms with E-state index in [0.29, 0.717) is 24.6 Å². The molecule has 1 aliphatic heterocycles. The predicted molar refractivity (Wildman–Crippen MR) is 82.7 cm³/mol. The van der Waals surface area contributed by atoms with Gasteiger partial charge in [0.15, 0.2) is 0 Å². The Morgan fingerprint density at radius 2 is 2.14 bits per heavy atom. The Labute approximate surface area is 135 Å². The van der Waals surface area contributed by atoms with Crippen LogP contribution in [0.3, 0.4) is 0 Å². The molecule has 1 aliphatic rings. The number of sulfonamides is 1. The van der Waals surface area contributed by atoms with Crippen molar-refractivity contribution in [3.05, 3.63) is 28.5 Å². The summed E-state index contributed by atoms with van der Waals surface area (Å²) in [7, 11) is -3.70. The van der Waals surface area contributed by atoms with Crippen LogP contribution in [-0.2, 0) is 15.9 Å². The number of alkyl halides is 1. The second-order valence-corrected chi connectivity index (χ2v) is 7.87. The fraction of sp³-hybridized carbons (Fsp3) is 0.571. The first-order valence-corrected chi connectivity index (χ1v) is 9.29.